The predicted molar refractivity (Wildman–Crippen MR) is 60.6 cm³/mol. The molecule has 5 heteroatoms. The van der Waals surface area contributed by atoms with Crippen LogP contribution in [0.4, 0.5) is 0 Å². The van der Waals surface area contributed by atoms with Gasteiger partial charge in [-0.3, -0.25) is 10.1 Å². The molecule has 0 fully saturated rings. The molecule has 0 aliphatic rings. The molecule has 0 aliphatic heterocycles. The average molecular weight is 217 g/mol. The van der Waals surface area contributed by atoms with Crippen molar-refractivity contribution in [1.29, 1.82) is 0 Å². The van der Waals surface area contributed by atoms with Crippen molar-refractivity contribution >= 4 is 11.6 Å². The molecular weight excluding hydrogens is 206 g/mol. The molecule has 16 heavy (non-hydrogen) atoms. The molecule has 5 nitrogen and oxygen atoms in total. The Kier molecular flexibility index (Phi) is 2.68. The van der Waals surface area contributed by atoms with Crippen LogP contribution < -0.4 is 0 Å². The molecule has 0 radical (unpaired) electrons. The van der Waals surface area contributed by atoms with Crippen LogP contribution in [0.1, 0.15) is 18.2 Å². The molecule has 2 heterocycles. The van der Waals surface area contributed by atoms with Gasteiger partial charge in [0, 0.05) is 17.8 Å². The van der Waals surface area contributed by atoms with Gasteiger partial charge in [-0.15, -0.1) is 0 Å². The van der Waals surface area contributed by atoms with Gasteiger partial charge >= 0.3 is 0 Å². The van der Waals surface area contributed by atoms with Crippen molar-refractivity contribution < 1.29 is 4.92 Å². The number of hydrogen-bond acceptors (Lipinski definition) is 3. The molecule has 2 aromatic heterocycles. The number of hydrogen-bond donors (Lipinski definition) is 0. The summed E-state index contributed by atoms with van der Waals surface area (Å²) < 4.78 is 1.73. The van der Waals surface area contributed by atoms with Gasteiger partial charge in [0.15, 0.2) is 0 Å². The van der Waals surface area contributed by atoms with Crippen molar-refractivity contribution in [2.24, 2.45) is 0 Å². The number of pyridine rings is 1. The zero-order valence-electron chi connectivity index (χ0n) is 8.83. The van der Waals surface area contributed by atoms with Gasteiger partial charge in [-0.25, -0.2) is 4.52 Å². The summed E-state index contributed by atoms with van der Waals surface area (Å²) in [6.45, 7) is 1.98. The average Bonchev–Trinajstić information content (AvgIpc) is 2.64. The second kappa shape index (κ2) is 4.14. The summed E-state index contributed by atoms with van der Waals surface area (Å²) in [6, 6.07) is 5.66. The highest BCUT2D eigenvalue weighted by Crippen LogP contribution is 2.17. The summed E-state index contributed by atoms with van der Waals surface area (Å²) in [6.07, 6.45) is 5.03. The molecule has 0 amide bonds. The number of aryl methyl sites for hydroxylation is 1. The lowest BCUT2D eigenvalue weighted by Crippen LogP contribution is -1.86. The first-order chi connectivity index (χ1) is 7.72. The van der Waals surface area contributed by atoms with Gasteiger partial charge in [0.2, 0.25) is 6.20 Å². The van der Waals surface area contributed by atoms with Crippen LogP contribution in [-0.2, 0) is 6.42 Å². The molecule has 82 valence electrons. The van der Waals surface area contributed by atoms with Crippen LogP contribution in [0.2, 0.25) is 0 Å². The topological polar surface area (TPSA) is 60.4 Å². The maximum absolute atomic E-state index is 10.3. The van der Waals surface area contributed by atoms with E-state index in [1.54, 1.807) is 4.52 Å². The molecule has 0 saturated heterocycles. The Labute approximate surface area is 92.2 Å². The van der Waals surface area contributed by atoms with Gasteiger partial charge in [-0.05, 0) is 18.6 Å². The van der Waals surface area contributed by atoms with Crippen molar-refractivity contribution in [1.82, 2.24) is 9.61 Å². The second-order valence-corrected chi connectivity index (χ2v) is 3.35. The molecular formula is C11H11N3O2. The first kappa shape index (κ1) is 10.4. The fourth-order valence-corrected chi connectivity index (χ4v) is 1.64. The van der Waals surface area contributed by atoms with Crippen LogP contribution in [0.5, 0.6) is 0 Å². The highest BCUT2D eigenvalue weighted by molar-refractivity contribution is 5.70. The lowest BCUT2D eigenvalue weighted by Gasteiger charge is -1.91. The minimum Gasteiger partial charge on any atom is -0.259 e. The largest absolute Gasteiger partial charge is 0.259 e. The molecule has 0 spiro atoms. The summed E-state index contributed by atoms with van der Waals surface area (Å²) in [5, 5.41) is 14.7. The standard InChI is InChI=1S/C11H11N3O2/c1-2-10-9(6-8-14(15)16)11-5-3-4-7-13(11)12-10/h3-8H,2H2,1H3/b8-6+. The number of aromatic nitrogens is 2. The van der Waals surface area contributed by atoms with E-state index < -0.39 is 4.92 Å². The third-order valence-electron chi connectivity index (χ3n) is 2.35. The Morgan fingerprint density at radius 2 is 2.38 bits per heavy atom. The van der Waals surface area contributed by atoms with E-state index >= 15 is 0 Å². The van der Waals surface area contributed by atoms with Crippen molar-refractivity contribution in [3.63, 3.8) is 0 Å². The van der Waals surface area contributed by atoms with Gasteiger partial charge in [-0.2, -0.15) is 5.10 Å². The minimum absolute atomic E-state index is 0.466. The monoisotopic (exact) mass is 217 g/mol. The molecule has 0 saturated carbocycles. The first-order valence-electron chi connectivity index (χ1n) is 5.00. The Balaban J connectivity index is 2.60. The van der Waals surface area contributed by atoms with Crippen molar-refractivity contribution in [3.05, 3.63) is 52.0 Å². The second-order valence-electron chi connectivity index (χ2n) is 3.35. The van der Waals surface area contributed by atoms with Gasteiger partial charge in [0.25, 0.3) is 0 Å². The zero-order valence-corrected chi connectivity index (χ0v) is 8.83. The highest BCUT2D eigenvalue weighted by Gasteiger charge is 2.08. The van der Waals surface area contributed by atoms with Crippen molar-refractivity contribution in [3.8, 4) is 0 Å². The summed E-state index contributed by atoms with van der Waals surface area (Å²) in [4.78, 5) is 9.86. The Bertz CT molecular complexity index is 557. The van der Waals surface area contributed by atoms with Crippen LogP contribution in [0, 0.1) is 10.1 Å². The van der Waals surface area contributed by atoms with Gasteiger partial charge in [0.1, 0.15) is 0 Å². The minimum atomic E-state index is -0.466. The number of nitro groups is 1. The van der Waals surface area contributed by atoms with Crippen LogP contribution >= 0.6 is 0 Å². The van der Waals surface area contributed by atoms with Gasteiger partial charge in [-0.1, -0.05) is 13.0 Å². The normalized spacial score (nSPS) is 11.3. The van der Waals surface area contributed by atoms with E-state index in [9.17, 15) is 10.1 Å². The maximum Gasteiger partial charge on any atom is 0.235 e. The number of rotatable bonds is 3. The molecule has 0 unspecified atom stereocenters. The number of nitrogens with zero attached hydrogens (tertiary/aromatic N) is 3. The fourth-order valence-electron chi connectivity index (χ4n) is 1.64. The highest BCUT2D eigenvalue weighted by atomic mass is 16.6. The molecule has 0 bridgehead atoms. The smallest absolute Gasteiger partial charge is 0.235 e. The molecule has 0 aromatic carbocycles. The first-order valence-corrected chi connectivity index (χ1v) is 5.00. The van der Waals surface area contributed by atoms with Crippen molar-refractivity contribution in [2.45, 2.75) is 13.3 Å². The SMILES string of the molecule is CCc1nn2ccccc2c1/C=C/[N+](=O)[O-]. The van der Waals surface area contributed by atoms with E-state index in [2.05, 4.69) is 5.10 Å². The molecule has 0 N–H and O–H groups in total. The number of fused-ring (bicyclic) bond motifs is 1. The van der Waals surface area contributed by atoms with Crippen molar-refractivity contribution in [2.75, 3.05) is 0 Å². The Hall–Kier alpha value is -2.17. The lowest BCUT2D eigenvalue weighted by molar-refractivity contribution is -0.400. The van der Waals surface area contributed by atoms with E-state index in [4.69, 9.17) is 0 Å². The van der Waals surface area contributed by atoms with E-state index in [1.807, 2.05) is 31.3 Å². The summed E-state index contributed by atoms with van der Waals surface area (Å²) in [7, 11) is 0. The predicted octanol–water partition coefficient (Wildman–Crippen LogP) is 2.14. The van der Waals surface area contributed by atoms with Crippen LogP contribution in [0.3, 0.4) is 0 Å². The lowest BCUT2D eigenvalue weighted by atomic mass is 10.1. The van der Waals surface area contributed by atoms with E-state index in [0.29, 0.717) is 0 Å². The van der Waals surface area contributed by atoms with Gasteiger partial charge < -0.3 is 0 Å². The zero-order chi connectivity index (χ0) is 11.5. The Morgan fingerprint density at radius 1 is 1.56 bits per heavy atom. The Morgan fingerprint density at radius 3 is 3.06 bits per heavy atom. The van der Waals surface area contributed by atoms with E-state index in [0.717, 1.165) is 29.4 Å². The van der Waals surface area contributed by atoms with Crippen LogP contribution in [0.25, 0.3) is 11.6 Å². The van der Waals surface area contributed by atoms with Crippen LogP contribution in [0.15, 0.2) is 30.6 Å². The molecule has 0 atom stereocenters. The molecule has 2 aromatic rings. The fraction of sp³-hybridized carbons (Fsp3) is 0.182. The van der Waals surface area contributed by atoms with E-state index in [1.165, 1.54) is 6.08 Å². The van der Waals surface area contributed by atoms with Gasteiger partial charge in [0.05, 0.1) is 16.1 Å². The molecule has 0 aliphatic carbocycles. The summed E-state index contributed by atoms with van der Waals surface area (Å²) in [5.74, 6) is 0. The third-order valence-corrected chi connectivity index (χ3v) is 2.35. The maximum atomic E-state index is 10.3. The van der Waals surface area contributed by atoms with Crippen LogP contribution in [-0.4, -0.2) is 14.5 Å². The summed E-state index contributed by atoms with van der Waals surface area (Å²) >= 11 is 0. The quantitative estimate of drug-likeness (QED) is 0.584. The molecule has 2 rings (SSSR count). The third kappa shape index (κ3) is 1.79. The van der Waals surface area contributed by atoms with E-state index in [-0.39, 0.29) is 0 Å². The summed E-state index contributed by atoms with van der Waals surface area (Å²) in [5.41, 5.74) is 2.57.